The van der Waals surface area contributed by atoms with Crippen molar-refractivity contribution in [2.45, 2.75) is 31.3 Å². The largest absolute Gasteiger partial charge is 0.342 e. The number of hydrogen-bond donors (Lipinski definition) is 0. The summed E-state index contributed by atoms with van der Waals surface area (Å²) >= 11 is 1.32. The molecule has 4 rings (SSSR count). The third kappa shape index (κ3) is 5.13. The van der Waals surface area contributed by atoms with Crippen LogP contribution in [0.2, 0.25) is 0 Å². The predicted molar refractivity (Wildman–Crippen MR) is 121 cm³/mol. The van der Waals surface area contributed by atoms with Crippen LogP contribution in [0.25, 0.3) is 5.69 Å². The van der Waals surface area contributed by atoms with Crippen LogP contribution in [0.3, 0.4) is 0 Å². The number of para-hydroxylation sites is 1. The molecule has 1 fully saturated rings. The SMILES string of the molecule is CCc1ccccc1-n1cnnc1SCC(=O)N1CCC(C(=O)c2cc(F)ccc2F)CC1. The molecule has 1 aromatic heterocycles. The number of aromatic nitrogens is 3. The average molecular weight is 471 g/mol. The van der Waals surface area contributed by atoms with Gasteiger partial charge in [-0.25, -0.2) is 8.78 Å². The Kier molecular flexibility index (Phi) is 7.17. The summed E-state index contributed by atoms with van der Waals surface area (Å²) in [6.45, 7) is 2.88. The lowest BCUT2D eigenvalue weighted by atomic mass is 9.88. The van der Waals surface area contributed by atoms with E-state index < -0.39 is 23.3 Å². The van der Waals surface area contributed by atoms with Gasteiger partial charge in [-0.1, -0.05) is 36.9 Å². The molecule has 1 aliphatic heterocycles. The highest BCUT2D eigenvalue weighted by Crippen LogP contribution is 2.26. The van der Waals surface area contributed by atoms with E-state index in [0.29, 0.717) is 31.1 Å². The maximum atomic E-state index is 13.9. The quantitative estimate of drug-likeness (QED) is 0.380. The molecule has 1 saturated heterocycles. The lowest BCUT2D eigenvalue weighted by molar-refractivity contribution is -0.129. The molecule has 0 saturated carbocycles. The molecule has 172 valence electrons. The minimum absolute atomic E-state index is 0.0545. The van der Waals surface area contributed by atoms with Crippen molar-refractivity contribution in [2.24, 2.45) is 5.92 Å². The maximum absolute atomic E-state index is 13.9. The van der Waals surface area contributed by atoms with Gasteiger partial charge in [0.25, 0.3) is 0 Å². The Morgan fingerprint density at radius 1 is 1.12 bits per heavy atom. The zero-order valence-corrected chi connectivity index (χ0v) is 19.0. The van der Waals surface area contributed by atoms with Gasteiger partial charge in [0.05, 0.1) is 17.0 Å². The number of piperidine rings is 1. The van der Waals surface area contributed by atoms with Crippen LogP contribution in [0, 0.1) is 17.6 Å². The summed E-state index contributed by atoms with van der Waals surface area (Å²) in [6.07, 6.45) is 3.35. The van der Waals surface area contributed by atoms with Crippen molar-refractivity contribution in [3.05, 3.63) is 71.6 Å². The Hall–Kier alpha value is -3.07. The van der Waals surface area contributed by atoms with Crippen LogP contribution in [0.15, 0.2) is 53.9 Å². The third-order valence-electron chi connectivity index (χ3n) is 5.89. The third-order valence-corrected chi connectivity index (χ3v) is 6.81. The number of halogens is 2. The van der Waals surface area contributed by atoms with E-state index in [2.05, 4.69) is 23.2 Å². The number of Topliss-reactive ketones (excluding diaryl/α,β-unsaturated/α-hetero) is 1. The number of likely N-dealkylation sites (tertiary alicyclic amines) is 1. The minimum Gasteiger partial charge on any atom is -0.342 e. The van der Waals surface area contributed by atoms with Gasteiger partial charge in [0, 0.05) is 19.0 Å². The van der Waals surface area contributed by atoms with Crippen LogP contribution < -0.4 is 0 Å². The van der Waals surface area contributed by atoms with Crippen LogP contribution in [-0.4, -0.2) is 50.2 Å². The second-order valence-electron chi connectivity index (χ2n) is 7.90. The van der Waals surface area contributed by atoms with Crippen molar-refractivity contribution in [1.29, 1.82) is 0 Å². The van der Waals surface area contributed by atoms with E-state index in [0.717, 1.165) is 35.9 Å². The molecule has 0 bridgehead atoms. The summed E-state index contributed by atoms with van der Waals surface area (Å²) in [7, 11) is 0. The molecule has 6 nitrogen and oxygen atoms in total. The summed E-state index contributed by atoms with van der Waals surface area (Å²) in [5.41, 5.74) is 1.93. The summed E-state index contributed by atoms with van der Waals surface area (Å²) in [6, 6.07) is 10.9. The number of benzene rings is 2. The van der Waals surface area contributed by atoms with Gasteiger partial charge in [-0.15, -0.1) is 10.2 Å². The van der Waals surface area contributed by atoms with Gasteiger partial charge < -0.3 is 4.90 Å². The summed E-state index contributed by atoms with van der Waals surface area (Å²) < 4.78 is 29.3. The van der Waals surface area contributed by atoms with Crippen LogP contribution in [0.5, 0.6) is 0 Å². The van der Waals surface area contributed by atoms with E-state index in [1.54, 1.807) is 11.2 Å². The van der Waals surface area contributed by atoms with Gasteiger partial charge in [0.1, 0.15) is 18.0 Å². The average Bonchev–Trinajstić information content (AvgIpc) is 3.32. The molecule has 0 unspecified atom stereocenters. The van der Waals surface area contributed by atoms with Crippen LogP contribution in [0.1, 0.15) is 35.7 Å². The van der Waals surface area contributed by atoms with E-state index in [4.69, 9.17) is 0 Å². The highest BCUT2D eigenvalue weighted by molar-refractivity contribution is 7.99. The molecular formula is C24H24F2N4O2S. The van der Waals surface area contributed by atoms with Gasteiger partial charge in [-0.05, 0) is 49.1 Å². The Labute approximate surface area is 195 Å². The number of carbonyl (C=O) groups is 2. The van der Waals surface area contributed by atoms with Crippen LogP contribution in [0.4, 0.5) is 8.78 Å². The van der Waals surface area contributed by atoms with Gasteiger partial charge in [0.2, 0.25) is 5.91 Å². The molecule has 0 aliphatic carbocycles. The standard InChI is InChI=1S/C24H24F2N4O2S/c1-2-16-5-3-4-6-21(16)30-15-27-28-24(30)33-14-22(31)29-11-9-17(10-12-29)23(32)19-13-18(25)7-8-20(19)26/h3-8,13,15,17H,2,9-12,14H2,1H3. The Balaban J connectivity index is 1.34. The highest BCUT2D eigenvalue weighted by atomic mass is 32.2. The zero-order valence-electron chi connectivity index (χ0n) is 18.2. The van der Waals surface area contributed by atoms with Crippen molar-refractivity contribution in [3.63, 3.8) is 0 Å². The molecule has 33 heavy (non-hydrogen) atoms. The fraction of sp³-hybridized carbons (Fsp3) is 0.333. The first kappa shape index (κ1) is 23.1. The van der Waals surface area contributed by atoms with Crippen molar-refractivity contribution in [1.82, 2.24) is 19.7 Å². The molecule has 2 aromatic carbocycles. The monoisotopic (exact) mass is 470 g/mol. The number of thioether (sulfide) groups is 1. The number of hydrogen-bond acceptors (Lipinski definition) is 5. The van der Waals surface area contributed by atoms with Gasteiger partial charge >= 0.3 is 0 Å². The fourth-order valence-corrected chi connectivity index (χ4v) is 4.87. The van der Waals surface area contributed by atoms with Gasteiger partial charge in [-0.2, -0.15) is 0 Å². The van der Waals surface area contributed by atoms with Crippen LogP contribution in [-0.2, 0) is 11.2 Å². The van der Waals surface area contributed by atoms with E-state index in [-0.39, 0.29) is 17.2 Å². The number of aryl methyl sites for hydroxylation is 1. The van der Waals surface area contributed by atoms with Crippen molar-refractivity contribution in [2.75, 3.05) is 18.8 Å². The maximum Gasteiger partial charge on any atom is 0.233 e. The van der Waals surface area contributed by atoms with E-state index in [1.807, 2.05) is 22.8 Å². The number of ketones is 1. The second kappa shape index (κ2) is 10.2. The van der Waals surface area contributed by atoms with E-state index in [9.17, 15) is 18.4 Å². The number of carbonyl (C=O) groups excluding carboxylic acids is 2. The van der Waals surface area contributed by atoms with Gasteiger partial charge in [0.15, 0.2) is 10.9 Å². The number of nitrogens with zero attached hydrogens (tertiary/aromatic N) is 4. The summed E-state index contributed by atoms with van der Waals surface area (Å²) in [4.78, 5) is 27.1. The Morgan fingerprint density at radius 3 is 2.64 bits per heavy atom. The zero-order chi connectivity index (χ0) is 23.4. The van der Waals surface area contributed by atoms with E-state index >= 15 is 0 Å². The lowest BCUT2D eigenvalue weighted by Gasteiger charge is -2.31. The van der Waals surface area contributed by atoms with Gasteiger partial charge in [-0.3, -0.25) is 14.2 Å². The minimum atomic E-state index is -0.718. The fourth-order valence-electron chi connectivity index (χ4n) is 4.05. The molecule has 0 N–H and O–H groups in total. The first-order chi connectivity index (χ1) is 16.0. The topological polar surface area (TPSA) is 68.1 Å². The normalized spacial score (nSPS) is 14.5. The molecular weight excluding hydrogens is 446 g/mol. The molecule has 3 aromatic rings. The second-order valence-corrected chi connectivity index (χ2v) is 8.84. The Morgan fingerprint density at radius 2 is 1.88 bits per heavy atom. The number of amides is 1. The Bertz CT molecular complexity index is 1160. The lowest BCUT2D eigenvalue weighted by Crippen LogP contribution is -2.41. The molecule has 1 amide bonds. The predicted octanol–water partition coefficient (Wildman–Crippen LogP) is 4.32. The van der Waals surface area contributed by atoms with E-state index in [1.165, 1.54) is 11.8 Å². The molecule has 2 heterocycles. The van der Waals surface area contributed by atoms with Crippen molar-refractivity contribution < 1.29 is 18.4 Å². The molecule has 0 radical (unpaired) electrons. The molecule has 0 atom stereocenters. The first-order valence-electron chi connectivity index (χ1n) is 10.9. The summed E-state index contributed by atoms with van der Waals surface area (Å²) in [5.74, 6) is -2.04. The summed E-state index contributed by atoms with van der Waals surface area (Å²) in [5, 5.41) is 8.81. The van der Waals surface area contributed by atoms with Crippen molar-refractivity contribution in [3.8, 4) is 5.69 Å². The first-order valence-corrected chi connectivity index (χ1v) is 11.8. The molecule has 9 heteroatoms. The van der Waals surface area contributed by atoms with Crippen LogP contribution >= 0.6 is 11.8 Å². The smallest absolute Gasteiger partial charge is 0.233 e. The molecule has 0 spiro atoms. The molecule has 1 aliphatic rings. The highest BCUT2D eigenvalue weighted by Gasteiger charge is 2.29. The number of rotatable bonds is 7. The van der Waals surface area contributed by atoms with Crippen molar-refractivity contribution >= 4 is 23.5 Å².